The van der Waals surface area contributed by atoms with Crippen LogP contribution in [0.5, 0.6) is 5.75 Å². The van der Waals surface area contributed by atoms with Gasteiger partial charge in [0.05, 0.1) is 12.0 Å². The number of methoxy groups -OCH3 is 1. The summed E-state index contributed by atoms with van der Waals surface area (Å²) in [5.74, 6) is 0.840. The second-order valence-corrected chi connectivity index (χ2v) is 6.27. The molecule has 2 aromatic rings. The minimum absolute atomic E-state index is 0.351. The first-order valence-electron chi connectivity index (χ1n) is 6.98. The molecule has 2 N–H and O–H groups in total. The van der Waals surface area contributed by atoms with Crippen LogP contribution < -0.4 is 14.8 Å². The van der Waals surface area contributed by atoms with Gasteiger partial charge in [0, 0.05) is 17.4 Å². The second kappa shape index (κ2) is 6.76. The Morgan fingerprint density at radius 3 is 2.33 bits per heavy atom. The van der Waals surface area contributed by atoms with Crippen LogP contribution in [0.4, 0.5) is 11.4 Å². The smallest absolute Gasteiger partial charge is 0.134 e. The average Bonchev–Trinajstić information content (AvgIpc) is 2.46. The van der Waals surface area contributed by atoms with Crippen LogP contribution in [0, 0.1) is 6.92 Å². The fraction of sp³-hybridized carbons (Fsp3) is 0.294. The molecule has 21 heavy (non-hydrogen) atoms. The highest BCUT2D eigenvalue weighted by Gasteiger charge is 2.15. The average molecular weight is 302 g/mol. The first-order valence-corrected chi connectivity index (χ1v) is 7.76. The summed E-state index contributed by atoms with van der Waals surface area (Å²) in [5, 5.41) is 0. The summed E-state index contributed by atoms with van der Waals surface area (Å²) in [7, 11) is 1.68. The van der Waals surface area contributed by atoms with E-state index in [0.29, 0.717) is 6.04 Å². The van der Waals surface area contributed by atoms with E-state index in [9.17, 15) is 0 Å². The number of benzene rings is 2. The highest BCUT2D eigenvalue weighted by molar-refractivity contribution is 8.00. The van der Waals surface area contributed by atoms with Crippen LogP contribution in [0.1, 0.15) is 19.4 Å². The summed E-state index contributed by atoms with van der Waals surface area (Å²) >= 11 is 1.65. The lowest BCUT2D eigenvalue weighted by molar-refractivity contribution is 0.405. The third-order valence-corrected chi connectivity index (χ3v) is 4.49. The molecule has 0 aromatic heterocycles. The molecule has 0 radical (unpaired) electrons. The normalized spacial score (nSPS) is 10.7. The Hall–Kier alpha value is -1.81. The van der Waals surface area contributed by atoms with Crippen LogP contribution in [0.3, 0.4) is 0 Å². The number of rotatable bonds is 5. The van der Waals surface area contributed by atoms with Crippen LogP contribution in [0.25, 0.3) is 0 Å². The van der Waals surface area contributed by atoms with E-state index in [1.165, 1.54) is 11.3 Å². The van der Waals surface area contributed by atoms with Gasteiger partial charge in [0.25, 0.3) is 0 Å². The van der Waals surface area contributed by atoms with Gasteiger partial charge in [-0.3, -0.25) is 0 Å². The predicted octanol–water partition coefficient (Wildman–Crippen LogP) is 4.51. The van der Waals surface area contributed by atoms with E-state index in [-0.39, 0.29) is 0 Å². The lowest BCUT2D eigenvalue weighted by Crippen LogP contribution is -2.23. The number of anilines is 2. The summed E-state index contributed by atoms with van der Waals surface area (Å²) < 4.78 is 7.69. The highest BCUT2D eigenvalue weighted by atomic mass is 32.2. The molecular formula is C17H22N2OS. The number of nitrogen functional groups attached to an aromatic ring is 1. The van der Waals surface area contributed by atoms with Gasteiger partial charge >= 0.3 is 0 Å². The summed E-state index contributed by atoms with van der Waals surface area (Å²) in [6.45, 7) is 6.44. The van der Waals surface area contributed by atoms with Gasteiger partial charge in [-0.2, -0.15) is 0 Å². The monoisotopic (exact) mass is 302 g/mol. The first kappa shape index (κ1) is 15.6. The third kappa shape index (κ3) is 3.85. The number of nitrogens with two attached hydrogens (primary N) is 1. The van der Waals surface area contributed by atoms with Crippen molar-refractivity contribution in [3.05, 3.63) is 48.0 Å². The zero-order valence-corrected chi connectivity index (χ0v) is 13.8. The van der Waals surface area contributed by atoms with Crippen LogP contribution in [-0.4, -0.2) is 13.2 Å². The number of nitrogens with zero attached hydrogens (tertiary/aromatic N) is 1. The van der Waals surface area contributed by atoms with Gasteiger partial charge in [0.2, 0.25) is 0 Å². The maximum Gasteiger partial charge on any atom is 0.134 e. The quantitative estimate of drug-likeness (QED) is 0.651. The van der Waals surface area contributed by atoms with E-state index in [0.717, 1.165) is 16.3 Å². The third-order valence-electron chi connectivity index (χ3n) is 3.14. The van der Waals surface area contributed by atoms with E-state index >= 15 is 0 Å². The fourth-order valence-electron chi connectivity index (χ4n) is 2.02. The molecule has 0 amide bonds. The van der Waals surface area contributed by atoms with Gasteiger partial charge in [-0.1, -0.05) is 17.7 Å². The molecule has 0 bridgehead atoms. The Labute approximate surface area is 131 Å². The van der Waals surface area contributed by atoms with Crippen molar-refractivity contribution in [1.82, 2.24) is 0 Å². The van der Waals surface area contributed by atoms with E-state index in [1.807, 2.05) is 18.2 Å². The van der Waals surface area contributed by atoms with E-state index in [4.69, 9.17) is 10.5 Å². The number of aryl methyl sites for hydroxylation is 1. The summed E-state index contributed by atoms with van der Waals surface area (Å²) in [5.41, 5.74) is 9.08. The Morgan fingerprint density at radius 2 is 1.76 bits per heavy atom. The van der Waals surface area contributed by atoms with Crippen molar-refractivity contribution in [1.29, 1.82) is 0 Å². The molecule has 0 unspecified atom stereocenters. The highest BCUT2D eigenvalue weighted by Crippen LogP contribution is 2.37. The molecule has 2 aromatic carbocycles. The first-order chi connectivity index (χ1) is 10.0. The molecule has 112 valence electrons. The van der Waals surface area contributed by atoms with E-state index in [1.54, 1.807) is 19.1 Å². The molecule has 0 saturated heterocycles. The van der Waals surface area contributed by atoms with Gasteiger partial charge in [-0.15, -0.1) is 0 Å². The lowest BCUT2D eigenvalue weighted by atomic mass is 10.2. The van der Waals surface area contributed by atoms with Crippen LogP contribution in [0.15, 0.2) is 47.4 Å². The lowest BCUT2D eigenvalue weighted by Gasteiger charge is -2.28. The molecule has 0 saturated carbocycles. The zero-order valence-electron chi connectivity index (χ0n) is 13.0. The van der Waals surface area contributed by atoms with Crippen molar-refractivity contribution in [3.8, 4) is 5.75 Å². The maximum absolute atomic E-state index is 5.91. The molecule has 0 aliphatic heterocycles. The van der Waals surface area contributed by atoms with Crippen LogP contribution in [0.2, 0.25) is 0 Å². The van der Waals surface area contributed by atoms with Gasteiger partial charge in [-0.05, 0) is 63.1 Å². The molecular weight excluding hydrogens is 280 g/mol. The van der Waals surface area contributed by atoms with Crippen molar-refractivity contribution >= 4 is 23.3 Å². The van der Waals surface area contributed by atoms with Crippen molar-refractivity contribution in [3.63, 3.8) is 0 Å². The molecule has 0 aliphatic carbocycles. The Morgan fingerprint density at radius 1 is 1.10 bits per heavy atom. The van der Waals surface area contributed by atoms with Gasteiger partial charge < -0.3 is 14.8 Å². The van der Waals surface area contributed by atoms with E-state index in [2.05, 4.69) is 49.3 Å². The number of ether oxygens (including phenoxy) is 1. The minimum Gasteiger partial charge on any atom is -0.496 e. The Bertz CT molecular complexity index is 596. The molecule has 0 heterocycles. The second-order valence-electron chi connectivity index (χ2n) is 5.26. The molecule has 0 spiro atoms. The largest absolute Gasteiger partial charge is 0.496 e. The van der Waals surface area contributed by atoms with Gasteiger partial charge in [0.15, 0.2) is 0 Å². The Balaban J connectivity index is 2.32. The van der Waals surface area contributed by atoms with Crippen molar-refractivity contribution in [2.24, 2.45) is 0 Å². The minimum atomic E-state index is 0.351. The van der Waals surface area contributed by atoms with Crippen LogP contribution in [-0.2, 0) is 0 Å². The van der Waals surface area contributed by atoms with Gasteiger partial charge in [-0.25, -0.2) is 0 Å². The number of hydrogen-bond donors (Lipinski definition) is 1. The maximum atomic E-state index is 5.91. The standard InChI is InChI=1S/C17H22N2OS/c1-12(2)19(15-8-5-13(3)6-9-15)21-17-11-14(18)7-10-16(17)20-4/h5-12H,18H2,1-4H3. The SMILES string of the molecule is COc1ccc(N)cc1SN(c1ccc(C)cc1)C(C)C. The summed E-state index contributed by atoms with van der Waals surface area (Å²) in [6.07, 6.45) is 0. The van der Waals surface area contributed by atoms with Crippen molar-refractivity contribution in [2.75, 3.05) is 17.1 Å². The summed E-state index contributed by atoms with van der Waals surface area (Å²) in [6, 6.07) is 14.6. The van der Waals surface area contributed by atoms with E-state index < -0.39 is 0 Å². The topological polar surface area (TPSA) is 38.5 Å². The molecule has 0 aliphatic rings. The Kier molecular flexibility index (Phi) is 5.02. The number of hydrogen-bond acceptors (Lipinski definition) is 4. The van der Waals surface area contributed by atoms with Crippen LogP contribution >= 0.6 is 11.9 Å². The molecule has 3 nitrogen and oxygen atoms in total. The molecule has 4 heteroatoms. The zero-order chi connectivity index (χ0) is 15.4. The molecule has 2 rings (SSSR count). The van der Waals surface area contributed by atoms with Crippen molar-refractivity contribution < 1.29 is 4.74 Å². The predicted molar refractivity (Wildman–Crippen MR) is 92.1 cm³/mol. The van der Waals surface area contributed by atoms with Crippen molar-refractivity contribution in [2.45, 2.75) is 31.7 Å². The van der Waals surface area contributed by atoms with Gasteiger partial charge in [0.1, 0.15) is 5.75 Å². The summed E-state index contributed by atoms with van der Waals surface area (Å²) in [4.78, 5) is 1.02. The molecule has 0 fully saturated rings. The fourth-order valence-corrected chi connectivity index (χ4v) is 3.10. The molecule has 0 atom stereocenters.